The van der Waals surface area contributed by atoms with Gasteiger partial charge in [-0.15, -0.1) is 0 Å². The van der Waals surface area contributed by atoms with E-state index in [9.17, 15) is 4.79 Å². The molecule has 0 saturated carbocycles. The van der Waals surface area contributed by atoms with Gasteiger partial charge in [-0.2, -0.15) is 0 Å². The molecule has 0 aliphatic carbocycles. The molecule has 0 aromatic heterocycles. The second kappa shape index (κ2) is 8.79. The largest absolute Gasteiger partial charge is 0.468 e. The maximum atomic E-state index is 12.3. The number of carbonyl (C=O) groups excluding carboxylic acids is 1. The summed E-state index contributed by atoms with van der Waals surface area (Å²) in [4.78, 5) is 19.9. The van der Waals surface area contributed by atoms with Crippen LogP contribution in [0.3, 0.4) is 0 Å². The van der Waals surface area contributed by atoms with Crippen molar-refractivity contribution >= 4 is 5.97 Å². The SMILES string of the molecule is COC(=O)[C@H]1[C@H](CN=[N+]=[N-])C[C@H](CN=[N+]=[N-])N1Cc1ccccc1. The summed E-state index contributed by atoms with van der Waals surface area (Å²) < 4.78 is 4.95. The van der Waals surface area contributed by atoms with Crippen LogP contribution >= 0.6 is 0 Å². The number of methoxy groups -OCH3 is 1. The first-order valence-electron chi connectivity index (χ1n) is 7.60. The van der Waals surface area contributed by atoms with E-state index in [0.29, 0.717) is 13.0 Å². The van der Waals surface area contributed by atoms with Crippen molar-refractivity contribution < 1.29 is 9.53 Å². The lowest BCUT2D eigenvalue weighted by Crippen LogP contribution is -2.44. The number of ether oxygens (including phenoxy) is 1. The molecule has 126 valence electrons. The number of esters is 1. The van der Waals surface area contributed by atoms with Crippen LogP contribution in [0.25, 0.3) is 20.9 Å². The number of hydrogen-bond donors (Lipinski definition) is 0. The van der Waals surface area contributed by atoms with E-state index >= 15 is 0 Å². The molecule has 9 heteroatoms. The van der Waals surface area contributed by atoms with Gasteiger partial charge in [-0.3, -0.25) is 9.69 Å². The summed E-state index contributed by atoms with van der Waals surface area (Å²) in [7, 11) is 1.34. The van der Waals surface area contributed by atoms with Crippen molar-refractivity contribution in [3.05, 3.63) is 56.8 Å². The van der Waals surface area contributed by atoms with Crippen molar-refractivity contribution in [3.63, 3.8) is 0 Å². The van der Waals surface area contributed by atoms with Gasteiger partial charge >= 0.3 is 5.97 Å². The highest BCUT2D eigenvalue weighted by Crippen LogP contribution is 2.33. The van der Waals surface area contributed by atoms with Crippen LogP contribution < -0.4 is 0 Å². The molecule has 24 heavy (non-hydrogen) atoms. The standard InChI is InChI=1S/C15H19N7O2/c1-24-15(23)14-12(8-18-20-16)7-13(9-19-21-17)22(14)10-11-5-3-2-4-6-11/h2-6,12-14H,7-10H2,1H3/t12-,13+,14+/m0/s1. The molecule has 0 N–H and O–H groups in total. The van der Waals surface area contributed by atoms with E-state index in [1.807, 2.05) is 35.2 Å². The van der Waals surface area contributed by atoms with Gasteiger partial charge in [-0.25, -0.2) is 0 Å². The molecule has 1 aliphatic heterocycles. The van der Waals surface area contributed by atoms with Gasteiger partial charge in [0.25, 0.3) is 0 Å². The summed E-state index contributed by atoms with van der Waals surface area (Å²) in [5.41, 5.74) is 18.2. The Hall–Kier alpha value is -2.73. The molecule has 2 rings (SSSR count). The Labute approximate surface area is 139 Å². The minimum atomic E-state index is -0.528. The topological polar surface area (TPSA) is 127 Å². The third kappa shape index (κ3) is 4.17. The van der Waals surface area contributed by atoms with E-state index < -0.39 is 6.04 Å². The molecule has 0 unspecified atom stereocenters. The smallest absolute Gasteiger partial charge is 0.323 e. The predicted octanol–water partition coefficient (Wildman–Crippen LogP) is 3.04. The summed E-state index contributed by atoms with van der Waals surface area (Å²) in [6.07, 6.45) is 0.602. The lowest BCUT2D eigenvalue weighted by molar-refractivity contribution is -0.147. The maximum Gasteiger partial charge on any atom is 0.323 e. The monoisotopic (exact) mass is 329 g/mol. The molecule has 0 radical (unpaired) electrons. The summed E-state index contributed by atoms with van der Waals surface area (Å²) >= 11 is 0. The minimum absolute atomic E-state index is 0.107. The van der Waals surface area contributed by atoms with Crippen LogP contribution in [0.2, 0.25) is 0 Å². The number of likely N-dealkylation sites (tertiary alicyclic amines) is 1. The maximum absolute atomic E-state index is 12.3. The van der Waals surface area contributed by atoms with Crippen molar-refractivity contribution in [2.75, 3.05) is 20.2 Å². The molecule has 1 saturated heterocycles. The fraction of sp³-hybridized carbons (Fsp3) is 0.533. The molecule has 0 amide bonds. The van der Waals surface area contributed by atoms with E-state index in [-0.39, 0.29) is 31.0 Å². The summed E-state index contributed by atoms with van der Waals surface area (Å²) in [5, 5.41) is 7.28. The Kier molecular flexibility index (Phi) is 6.45. The normalized spacial score (nSPS) is 23.1. The second-order valence-electron chi connectivity index (χ2n) is 5.60. The van der Waals surface area contributed by atoms with Crippen LogP contribution in [-0.2, 0) is 16.1 Å². The molecule has 1 fully saturated rings. The van der Waals surface area contributed by atoms with E-state index in [1.54, 1.807) is 0 Å². The molecule has 1 heterocycles. The van der Waals surface area contributed by atoms with Crippen LogP contribution in [0.5, 0.6) is 0 Å². The number of nitrogens with zero attached hydrogens (tertiary/aromatic N) is 7. The van der Waals surface area contributed by atoms with Gasteiger partial charge in [0.15, 0.2) is 0 Å². The Balaban J connectivity index is 2.30. The summed E-state index contributed by atoms with van der Waals surface area (Å²) in [6.45, 7) is 0.983. The van der Waals surface area contributed by atoms with Crippen molar-refractivity contribution in [2.45, 2.75) is 25.0 Å². The molecular formula is C15H19N7O2. The summed E-state index contributed by atoms with van der Waals surface area (Å²) in [6, 6.07) is 9.09. The highest BCUT2D eigenvalue weighted by molar-refractivity contribution is 5.76. The van der Waals surface area contributed by atoms with Crippen LogP contribution in [0, 0.1) is 5.92 Å². The Morgan fingerprint density at radius 3 is 2.54 bits per heavy atom. The van der Waals surface area contributed by atoms with Crippen LogP contribution in [-0.4, -0.2) is 43.2 Å². The predicted molar refractivity (Wildman–Crippen MR) is 87.7 cm³/mol. The number of rotatable bonds is 7. The third-order valence-corrected chi connectivity index (χ3v) is 4.23. The Morgan fingerprint density at radius 1 is 1.25 bits per heavy atom. The molecule has 0 spiro atoms. The number of benzene rings is 1. The molecule has 9 nitrogen and oxygen atoms in total. The van der Waals surface area contributed by atoms with E-state index in [4.69, 9.17) is 15.8 Å². The Morgan fingerprint density at radius 2 is 1.92 bits per heavy atom. The highest BCUT2D eigenvalue weighted by Gasteiger charge is 2.44. The molecule has 1 aliphatic rings. The van der Waals surface area contributed by atoms with Crippen molar-refractivity contribution in [1.82, 2.24) is 4.90 Å². The first-order chi connectivity index (χ1) is 11.7. The second-order valence-corrected chi connectivity index (χ2v) is 5.60. The first kappa shape index (κ1) is 17.6. The first-order valence-corrected chi connectivity index (χ1v) is 7.60. The van der Waals surface area contributed by atoms with E-state index in [2.05, 4.69) is 20.1 Å². The fourth-order valence-electron chi connectivity index (χ4n) is 3.21. The van der Waals surface area contributed by atoms with Crippen LogP contribution in [0.4, 0.5) is 0 Å². The van der Waals surface area contributed by atoms with Gasteiger partial charge < -0.3 is 4.74 Å². The molecule has 1 aromatic carbocycles. The van der Waals surface area contributed by atoms with E-state index in [0.717, 1.165) is 5.56 Å². The summed E-state index contributed by atoms with van der Waals surface area (Å²) in [5.74, 6) is -0.538. The van der Waals surface area contributed by atoms with Crippen molar-refractivity contribution in [1.29, 1.82) is 0 Å². The quantitative estimate of drug-likeness (QED) is 0.330. The van der Waals surface area contributed by atoms with Gasteiger partial charge in [-0.1, -0.05) is 40.6 Å². The fourth-order valence-corrected chi connectivity index (χ4v) is 3.21. The van der Waals surface area contributed by atoms with E-state index in [1.165, 1.54) is 7.11 Å². The number of hydrogen-bond acceptors (Lipinski definition) is 5. The van der Waals surface area contributed by atoms with Gasteiger partial charge in [0.05, 0.1) is 7.11 Å². The minimum Gasteiger partial charge on any atom is -0.468 e. The van der Waals surface area contributed by atoms with Gasteiger partial charge in [0.2, 0.25) is 0 Å². The molecule has 0 bridgehead atoms. The Bertz CT molecular complexity index is 653. The van der Waals surface area contributed by atoms with Crippen molar-refractivity contribution in [2.24, 2.45) is 16.1 Å². The number of carbonyl (C=O) groups is 1. The van der Waals surface area contributed by atoms with Crippen molar-refractivity contribution in [3.8, 4) is 0 Å². The zero-order valence-electron chi connectivity index (χ0n) is 13.4. The zero-order valence-corrected chi connectivity index (χ0v) is 13.4. The lowest BCUT2D eigenvalue weighted by Gasteiger charge is -2.29. The molecule has 1 aromatic rings. The zero-order chi connectivity index (χ0) is 17.4. The molecule has 3 atom stereocenters. The van der Waals surface area contributed by atoms with Crippen LogP contribution in [0.1, 0.15) is 12.0 Å². The third-order valence-electron chi connectivity index (χ3n) is 4.23. The average molecular weight is 329 g/mol. The molecular weight excluding hydrogens is 310 g/mol. The lowest BCUT2D eigenvalue weighted by atomic mass is 9.99. The highest BCUT2D eigenvalue weighted by atomic mass is 16.5. The van der Waals surface area contributed by atoms with Gasteiger partial charge in [0.1, 0.15) is 6.04 Å². The number of azide groups is 2. The van der Waals surface area contributed by atoms with Gasteiger partial charge in [-0.05, 0) is 29.0 Å². The average Bonchev–Trinajstić information content (AvgIpc) is 2.95. The van der Waals surface area contributed by atoms with Gasteiger partial charge in [0, 0.05) is 35.5 Å². The van der Waals surface area contributed by atoms with Crippen LogP contribution in [0.15, 0.2) is 40.6 Å².